The average Bonchev–Trinajstić information content (AvgIpc) is 3.61. The van der Waals surface area contributed by atoms with Crippen LogP contribution in [0.5, 0.6) is 0 Å². The van der Waals surface area contributed by atoms with Crippen LogP contribution in [0.15, 0.2) is 200 Å². The van der Waals surface area contributed by atoms with Crippen LogP contribution >= 0.6 is 0 Å². The van der Waals surface area contributed by atoms with Crippen molar-refractivity contribution in [2.24, 2.45) is 0 Å². The first-order valence-electron chi connectivity index (χ1n) is 22.9. The molecule has 0 bridgehead atoms. The number of rotatable bonds is 4. The van der Waals surface area contributed by atoms with E-state index in [1.54, 1.807) is 0 Å². The number of aryl methyl sites for hydroxylation is 4. The summed E-state index contributed by atoms with van der Waals surface area (Å²) >= 11 is 0. The molecule has 2 heterocycles. The Hall–Kier alpha value is -7.42. The van der Waals surface area contributed by atoms with Gasteiger partial charge < -0.3 is 9.80 Å². The largest absolute Gasteiger partial charge is 0.310 e. The van der Waals surface area contributed by atoms with E-state index in [1.165, 1.54) is 117 Å². The van der Waals surface area contributed by atoms with Crippen molar-refractivity contribution in [2.45, 2.75) is 51.9 Å². The van der Waals surface area contributed by atoms with Gasteiger partial charge in [0, 0.05) is 34.1 Å². The Bertz CT molecular complexity index is 3340. The van der Waals surface area contributed by atoms with Crippen molar-refractivity contribution >= 4 is 66.4 Å². The Balaban J connectivity index is 1.21. The maximum atomic E-state index is 2.52. The number of hydrogen-bond acceptors (Lipinski definition) is 2. The normalized spacial score (nSPS) is 13.5. The van der Waals surface area contributed by atoms with Crippen molar-refractivity contribution < 1.29 is 0 Å². The molecular formula is C62H50N2. The third-order valence-corrected chi connectivity index (χ3v) is 14.0. The molecule has 0 radical (unpaired) electrons. The number of benzene rings is 10. The Kier molecular flexibility index (Phi) is 9.05. The van der Waals surface area contributed by atoms with E-state index in [0.29, 0.717) is 0 Å². The molecule has 0 amide bonds. The van der Waals surface area contributed by atoms with Gasteiger partial charge in [0.25, 0.3) is 0 Å². The third-order valence-electron chi connectivity index (χ3n) is 14.0. The van der Waals surface area contributed by atoms with Gasteiger partial charge in [0.05, 0.1) is 0 Å². The minimum absolute atomic E-state index is 0.0379. The van der Waals surface area contributed by atoms with Crippen LogP contribution in [0.2, 0.25) is 0 Å². The van der Waals surface area contributed by atoms with E-state index in [1.807, 2.05) is 0 Å². The van der Waals surface area contributed by atoms with Crippen molar-refractivity contribution in [2.75, 3.05) is 9.80 Å². The molecule has 0 saturated carbocycles. The minimum atomic E-state index is 0.0379. The summed E-state index contributed by atoms with van der Waals surface area (Å²) in [5.74, 6) is 0. The van der Waals surface area contributed by atoms with Crippen molar-refractivity contribution in [3.8, 4) is 22.3 Å². The van der Waals surface area contributed by atoms with Gasteiger partial charge in [-0.05, 0) is 162 Å². The van der Waals surface area contributed by atoms with Crippen LogP contribution in [0.25, 0.3) is 54.6 Å². The average molecular weight is 823 g/mol. The standard InChI is InChI=1S/C62H50N2/c1-62(2,3)47-33-31-46(32-34-47)60-52-37-35-49(64-58-25-12-7-18-44(58)29-30-45-19-8-13-26-59(45)64)40-55(52)61(51-22-14-20-41-15-4-9-21-50(41)51)53-38-36-48(39-54(53)60)63-56-23-10-5-16-42(56)27-28-43-17-6-11-24-57(43)63/h4-26,31-40H,27-30H2,1-3H3. The van der Waals surface area contributed by atoms with Gasteiger partial charge in [-0.2, -0.15) is 0 Å². The molecule has 64 heavy (non-hydrogen) atoms. The van der Waals surface area contributed by atoms with Gasteiger partial charge in [-0.15, -0.1) is 0 Å². The molecule has 2 heteroatoms. The quantitative estimate of drug-likeness (QED) is 0.163. The highest BCUT2D eigenvalue weighted by Gasteiger charge is 2.27. The topological polar surface area (TPSA) is 6.48 Å². The molecule has 2 aliphatic rings. The van der Waals surface area contributed by atoms with Crippen molar-refractivity contribution in [3.05, 3.63) is 228 Å². The van der Waals surface area contributed by atoms with E-state index in [2.05, 4.69) is 231 Å². The van der Waals surface area contributed by atoms with Gasteiger partial charge in [-0.1, -0.05) is 172 Å². The number of nitrogens with zero attached hydrogens (tertiary/aromatic N) is 2. The fraction of sp³-hybridized carbons (Fsp3) is 0.129. The predicted molar refractivity (Wildman–Crippen MR) is 273 cm³/mol. The maximum absolute atomic E-state index is 2.52. The summed E-state index contributed by atoms with van der Waals surface area (Å²) in [6, 6.07) is 75.6. The Labute approximate surface area is 376 Å². The lowest BCUT2D eigenvalue weighted by Gasteiger charge is -2.29. The minimum Gasteiger partial charge on any atom is -0.310 e. The summed E-state index contributed by atoms with van der Waals surface area (Å²) < 4.78 is 0. The molecular weight excluding hydrogens is 773 g/mol. The number of para-hydroxylation sites is 4. The zero-order valence-corrected chi connectivity index (χ0v) is 36.8. The fourth-order valence-electron chi connectivity index (χ4n) is 10.8. The molecule has 10 aromatic rings. The van der Waals surface area contributed by atoms with Gasteiger partial charge >= 0.3 is 0 Å². The van der Waals surface area contributed by atoms with Crippen LogP contribution in [0.1, 0.15) is 48.6 Å². The second-order valence-corrected chi connectivity index (χ2v) is 18.7. The van der Waals surface area contributed by atoms with Crippen LogP contribution in [-0.4, -0.2) is 0 Å². The molecule has 0 aromatic heterocycles. The van der Waals surface area contributed by atoms with Gasteiger partial charge in [-0.3, -0.25) is 0 Å². The van der Waals surface area contributed by atoms with Gasteiger partial charge in [0.2, 0.25) is 0 Å². The highest BCUT2D eigenvalue weighted by atomic mass is 15.2. The molecule has 2 nitrogen and oxygen atoms in total. The molecule has 12 rings (SSSR count). The van der Waals surface area contributed by atoms with E-state index < -0.39 is 0 Å². The molecule has 0 aliphatic carbocycles. The lowest BCUT2D eigenvalue weighted by molar-refractivity contribution is 0.590. The lowest BCUT2D eigenvalue weighted by atomic mass is 9.82. The molecule has 10 aromatic carbocycles. The smallest absolute Gasteiger partial charge is 0.0493 e. The summed E-state index contributed by atoms with van der Waals surface area (Å²) in [4.78, 5) is 5.03. The van der Waals surface area contributed by atoms with Crippen molar-refractivity contribution in [3.63, 3.8) is 0 Å². The molecule has 0 saturated heterocycles. The molecule has 0 atom stereocenters. The summed E-state index contributed by atoms with van der Waals surface area (Å²) in [5.41, 5.74) is 19.2. The molecule has 0 spiro atoms. The fourth-order valence-corrected chi connectivity index (χ4v) is 10.8. The van der Waals surface area contributed by atoms with E-state index in [4.69, 9.17) is 0 Å². The van der Waals surface area contributed by atoms with Crippen LogP contribution < -0.4 is 9.80 Å². The Morgan fingerprint density at radius 1 is 0.344 bits per heavy atom. The second-order valence-electron chi connectivity index (χ2n) is 18.7. The van der Waals surface area contributed by atoms with Gasteiger partial charge in [0.1, 0.15) is 0 Å². The first kappa shape index (κ1) is 38.3. The third kappa shape index (κ3) is 6.31. The van der Waals surface area contributed by atoms with Crippen molar-refractivity contribution in [1.29, 1.82) is 0 Å². The van der Waals surface area contributed by atoms with Gasteiger partial charge in [0.15, 0.2) is 0 Å². The molecule has 2 aliphatic heterocycles. The lowest BCUT2D eigenvalue weighted by Crippen LogP contribution is -2.12. The molecule has 0 fully saturated rings. The zero-order chi connectivity index (χ0) is 42.9. The predicted octanol–water partition coefficient (Wildman–Crippen LogP) is 16.9. The number of hydrogen-bond donors (Lipinski definition) is 0. The SMILES string of the molecule is CC(C)(C)c1ccc(-c2c3cc(N4c5ccccc5CCc5ccccc54)ccc3c(-c3cccc4ccccc34)c3cc(N4c5ccccc5CCc5ccccc54)ccc23)cc1. The Morgan fingerprint density at radius 2 is 0.766 bits per heavy atom. The summed E-state index contributed by atoms with van der Waals surface area (Å²) in [5, 5.41) is 7.47. The Morgan fingerprint density at radius 3 is 1.27 bits per heavy atom. The summed E-state index contributed by atoms with van der Waals surface area (Å²) in [6.45, 7) is 6.90. The van der Waals surface area contributed by atoms with Crippen LogP contribution in [0.4, 0.5) is 34.1 Å². The first-order chi connectivity index (χ1) is 31.4. The molecule has 0 N–H and O–H groups in total. The maximum Gasteiger partial charge on any atom is 0.0493 e. The van der Waals surface area contributed by atoms with E-state index in [9.17, 15) is 0 Å². The van der Waals surface area contributed by atoms with Gasteiger partial charge in [-0.25, -0.2) is 0 Å². The monoisotopic (exact) mass is 822 g/mol. The van der Waals surface area contributed by atoms with Crippen molar-refractivity contribution in [1.82, 2.24) is 0 Å². The summed E-state index contributed by atoms with van der Waals surface area (Å²) in [6.07, 6.45) is 4.03. The summed E-state index contributed by atoms with van der Waals surface area (Å²) in [7, 11) is 0. The highest BCUT2D eigenvalue weighted by Crippen LogP contribution is 2.51. The van der Waals surface area contributed by atoms with E-state index in [0.717, 1.165) is 25.7 Å². The molecule has 0 unspecified atom stereocenters. The second kappa shape index (κ2) is 15.1. The number of fused-ring (bicyclic) bond motifs is 7. The van der Waals surface area contributed by atoms with Crippen LogP contribution in [0.3, 0.4) is 0 Å². The van der Waals surface area contributed by atoms with Crippen LogP contribution in [-0.2, 0) is 31.1 Å². The van der Waals surface area contributed by atoms with Crippen LogP contribution in [0, 0.1) is 0 Å². The zero-order valence-electron chi connectivity index (χ0n) is 36.8. The first-order valence-corrected chi connectivity index (χ1v) is 22.9. The number of anilines is 6. The van der Waals surface area contributed by atoms with E-state index >= 15 is 0 Å². The molecule has 308 valence electrons. The highest BCUT2D eigenvalue weighted by molar-refractivity contribution is 6.24. The van der Waals surface area contributed by atoms with E-state index in [-0.39, 0.29) is 5.41 Å².